The van der Waals surface area contributed by atoms with Crippen molar-refractivity contribution in [3.8, 4) is 11.4 Å². The summed E-state index contributed by atoms with van der Waals surface area (Å²) in [5, 5.41) is 0.449. The summed E-state index contributed by atoms with van der Waals surface area (Å²) in [5.74, 6) is 0.702. The smallest absolute Gasteiger partial charge is 0.265 e. The van der Waals surface area contributed by atoms with Crippen LogP contribution >= 0.6 is 0 Å². The third kappa shape index (κ3) is 3.13. The van der Waals surface area contributed by atoms with Crippen molar-refractivity contribution in [3.05, 3.63) is 101 Å². The SMILES string of the molecule is COc1cccc(-n2c3nc4ccccc4nc3c3c(=O)n(Cc4ccccc4)cnc32)c1. The second kappa shape index (κ2) is 7.56. The third-order valence-corrected chi connectivity index (χ3v) is 5.74. The minimum atomic E-state index is -0.153. The molecule has 0 amide bonds. The molecule has 0 saturated carbocycles. The van der Waals surface area contributed by atoms with Crippen LogP contribution in [0.25, 0.3) is 38.9 Å². The molecule has 0 N–H and O–H groups in total. The maximum atomic E-state index is 13.7. The molecule has 0 aliphatic rings. The van der Waals surface area contributed by atoms with E-state index in [4.69, 9.17) is 19.7 Å². The van der Waals surface area contributed by atoms with Crippen LogP contribution in [-0.2, 0) is 6.54 Å². The zero-order chi connectivity index (χ0) is 22.4. The molecule has 6 aromatic rings. The van der Waals surface area contributed by atoms with Gasteiger partial charge in [-0.1, -0.05) is 48.5 Å². The standard InChI is InChI=1S/C26H19N5O2/c1-33-19-11-7-10-18(14-19)31-24-22(23-25(31)29-21-13-6-5-12-20(21)28-23)26(32)30(16-27-24)15-17-8-3-2-4-9-17/h2-14,16H,15H2,1H3. The summed E-state index contributed by atoms with van der Waals surface area (Å²) in [7, 11) is 1.62. The molecule has 0 atom stereocenters. The van der Waals surface area contributed by atoms with Crippen LogP contribution < -0.4 is 10.3 Å². The lowest BCUT2D eigenvalue weighted by Crippen LogP contribution is -2.21. The molecule has 3 aromatic carbocycles. The Labute approximate surface area is 188 Å². The molecule has 0 radical (unpaired) electrons. The molecule has 0 aliphatic heterocycles. The van der Waals surface area contributed by atoms with Gasteiger partial charge in [0.25, 0.3) is 5.56 Å². The number of hydrogen-bond acceptors (Lipinski definition) is 5. The first-order chi connectivity index (χ1) is 16.2. The zero-order valence-electron chi connectivity index (χ0n) is 17.8. The van der Waals surface area contributed by atoms with Gasteiger partial charge in [-0.15, -0.1) is 0 Å². The molecule has 0 aliphatic carbocycles. The first-order valence-electron chi connectivity index (χ1n) is 10.6. The van der Waals surface area contributed by atoms with Crippen molar-refractivity contribution < 1.29 is 4.74 Å². The second-order valence-electron chi connectivity index (χ2n) is 7.78. The number of nitrogens with zero attached hydrogens (tertiary/aromatic N) is 5. The van der Waals surface area contributed by atoms with Crippen LogP contribution in [0.5, 0.6) is 5.75 Å². The van der Waals surface area contributed by atoms with E-state index in [9.17, 15) is 4.79 Å². The van der Waals surface area contributed by atoms with Crippen molar-refractivity contribution in [2.75, 3.05) is 7.11 Å². The van der Waals surface area contributed by atoms with Gasteiger partial charge in [-0.3, -0.25) is 13.9 Å². The molecule has 33 heavy (non-hydrogen) atoms. The second-order valence-corrected chi connectivity index (χ2v) is 7.78. The van der Waals surface area contributed by atoms with Gasteiger partial charge in [0.15, 0.2) is 11.3 Å². The average molecular weight is 433 g/mol. The molecular weight excluding hydrogens is 414 g/mol. The highest BCUT2D eigenvalue weighted by Gasteiger charge is 2.21. The maximum absolute atomic E-state index is 13.7. The van der Waals surface area contributed by atoms with Gasteiger partial charge in [0.2, 0.25) is 0 Å². The number of rotatable bonds is 4. The van der Waals surface area contributed by atoms with E-state index in [-0.39, 0.29) is 5.56 Å². The van der Waals surface area contributed by atoms with Gasteiger partial charge in [-0.05, 0) is 29.8 Å². The van der Waals surface area contributed by atoms with Crippen molar-refractivity contribution in [3.63, 3.8) is 0 Å². The Morgan fingerprint density at radius 3 is 2.39 bits per heavy atom. The van der Waals surface area contributed by atoms with Crippen LogP contribution in [0.4, 0.5) is 0 Å². The van der Waals surface area contributed by atoms with Gasteiger partial charge in [-0.25, -0.2) is 15.0 Å². The quantitative estimate of drug-likeness (QED) is 0.413. The van der Waals surface area contributed by atoms with E-state index in [1.54, 1.807) is 18.0 Å². The largest absolute Gasteiger partial charge is 0.497 e. The molecule has 7 nitrogen and oxygen atoms in total. The lowest BCUT2D eigenvalue weighted by Gasteiger charge is -2.09. The van der Waals surface area contributed by atoms with Crippen LogP contribution in [0.15, 0.2) is 90.0 Å². The van der Waals surface area contributed by atoms with Crippen molar-refractivity contribution >= 4 is 33.2 Å². The summed E-state index contributed by atoms with van der Waals surface area (Å²) >= 11 is 0. The van der Waals surface area contributed by atoms with E-state index >= 15 is 0 Å². The van der Waals surface area contributed by atoms with E-state index in [0.29, 0.717) is 34.5 Å². The van der Waals surface area contributed by atoms with Crippen molar-refractivity contribution in [1.29, 1.82) is 0 Å². The van der Waals surface area contributed by atoms with Crippen LogP contribution in [0.3, 0.4) is 0 Å². The van der Waals surface area contributed by atoms with Gasteiger partial charge >= 0.3 is 0 Å². The number of benzene rings is 3. The molecular formula is C26H19N5O2. The van der Waals surface area contributed by atoms with Crippen LogP contribution in [0.2, 0.25) is 0 Å². The lowest BCUT2D eigenvalue weighted by atomic mass is 10.2. The fraction of sp³-hybridized carbons (Fsp3) is 0.0769. The van der Waals surface area contributed by atoms with Crippen LogP contribution in [-0.4, -0.2) is 31.2 Å². The van der Waals surface area contributed by atoms with Gasteiger partial charge < -0.3 is 4.74 Å². The predicted octanol–water partition coefficient (Wildman–Crippen LogP) is 4.34. The van der Waals surface area contributed by atoms with Gasteiger partial charge in [0.1, 0.15) is 23.0 Å². The predicted molar refractivity (Wildman–Crippen MR) is 128 cm³/mol. The summed E-state index contributed by atoms with van der Waals surface area (Å²) in [5.41, 5.74) is 4.78. The van der Waals surface area contributed by atoms with E-state index in [2.05, 4.69) is 0 Å². The Bertz CT molecular complexity index is 1700. The average Bonchev–Trinajstić information content (AvgIpc) is 3.18. The zero-order valence-corrected chi connectivity index (χ0v) is 17.8. The number of hydrogen-bond donors (Lipinski definition) is 0. The molecule has 0 unspecified atom stereocenters. The molecule has 0 saturated heterocycles. The summed E-state index contributed by atoms with van der Waals surface area (Å²) in [6.07, 6.45) is 1.59. The van der Waals surface area contributed by atoms with Crippen molar-refractivity contribution in [2.24, 2.45) is 0 Å². The van der Waals surface area contributed by atoms with Gasteiger partial charge in [0, 0.05) is 6.07 Å². The van der Waals surface area contributed by atoms with Gasteiger partial charge in [0.05, 0.1) is 30.4 Å². The lowest BCUT2D eigenvalue weighted by molar-refractivity contribution is 0.414. The van der Waals surface area contributed by atoms with Crippen LogP contribution in [0.1, 0.15) is 5.56 Å². The number of aromatic nitrogens is 5. The summed E-state index contributed by atoms with van der Waals surface area (Å²) in [4.78, 5) is 28.1. The Morgan fingerprint density at radius 1 is 0.848 bits per heavy atom. The Kier molecular flexibility index (Phi) is 4.40. The molecule has 0 bridgehead atoms. The first kappa shape index (κ1) is 19.2. The number of ether oxygens (including phenoxy) is 1. The Morgan fingerprint density at radius 2 is 1.61 bits per heavy atom. The summed E-state index contributed by atoms with van der Waals surface area (Å²) in [6, 6.07) is 25.1. The molecule has 3 aromatic heterocycles. The van der Waals surface area contributed by atoms with E-state index in [1.807, 2.05) is 83.4 Å². The van der Waals surface area contributed by atoms with Crippen LogP contribution in [0, 0.1) is 0 Å². The minimum Gasteiger partial charge on any atom is -0.497 e. The highest BCUT2D eigenvalue weighted by atomic mass is 16.5. The minimum absolute atomic E-state index is 0.153. The Balaban J connectivity index is 1.70. The maximum Gasteiger partial charge on any atom is 0.265 e. The van der Waals surface area contributed by atoms with Crippen molar-refractivity contribution in [1.82, 2.24) is 24.1 Å². The molecule has 7 heteroatoms. The highest BCUT2D eigenvalue weighted by Crippen LogP contribution is 2.29. The molecule has 0 fully saturated rings. The third-order valence-electron chi connectivity index (χ3n) is 5.74. The van der Waals surface area contributed by atoms with Gasteiger partial charge in [-0.2, -0.15) is 0 Å². The normalized spacial score (nSPS) is 11.4. The molecule has 160 valence electrons. The number of methoxy groups -OCH3 is 1. The molecule has 0 spiro atoms. The summed E-state index contributed by atoms with van der Waals surface area (Å²) in [6.45, 7) is 0.426. The number of fused-ring (bicyclic) bond motifs is 4. The fourth-order valence-electron chi connectivity index (χ4n) is 4.16. The first-order valence-corrected chi connectivity index (χ1v) is 10.6. The molecule has 6 rings (SSSR count). The Hall–Kier alpha value is -4.52. The monoisotopic (exact) mass is 433 g/mol. The van der Waals surface area contributed by atoms with E-state index in [1.165, 1.54) is 0 Å². The van der Waals surface area contributed by atoms with E-state index < -0.39 is 0 Å². The highest BCUT2D eigenvalue weighted by molar-refractivity contribution is 6.05. The molecule has 3 heterocycles. The number of para-hydroxylation sites is 2. The topological polar surface area (TPSA) is 74.8 Å². The van der Waals surface area contributed by atoms with Crippen molar-refractivity contribution in [2.45, 2.75) is 6.54 Å². The van der Waals surface area contributed by atoms with E-state index in [0.717, 1.165) is 22.3 Å². The fourth-order valence-corrected chi connectivity index (χ4v) is 4.16. The summed E-state index contributed by atoms with van der Waals surface area (Å²) < 4.78 is 8.91.